The van der Waals surface area contributed by atoms with Crippen LogP contribution in [-0.2, 0) is 48.5 Å². The maximum atomic E-state index is 14.5. The average Bonchev–Trinajstić information content (AvgIpc) is 3.76. The molecule has 356 valence electrons. The van der Waals surface area contributed by atoms with Crippen molar-refractivity contribution in [1.29, 1.82) is 0 Å². The van der Waals surface area contributed by atoms with Crippen LogP contribution in [0, 0.1) is 12.8 Å². The predicted octanol–water partition coefficient (Wildman–Crippen LogP) is 3.51. The number of aryl methyl sites for hydroxylation is 2. The number of hydrogen-bond donors (Lipinski definition) is 1. The Labute approximate surface area is 385 Å². The van der Waals surface area contributed by atoms with E-state index in [2.05, 4.69) is 12.2 Å². The van der Waals surface area contributed by atoms with E-state index in [0.717, 1.165) is 49.2 Å². The number of quaternary nitrogens is 1. The highest BCUT2D eigenvalue weighted by atomic mass is 16.6. The van der Waals surface area contributed by atoms with Gasteiger partial charge in [-0.3, -0.25) is 23.7 Å². The minimum Gasteiger partial charge on any atom is -0.464 e. The highest BCUT2D eigenvalue weighted by Crippen LogP contribution is 2.29. The number of esters is 1. The van der Waals surface area contributed by atoms with Gasteiger partial charge >= 0.3 is 23.8 Å². The Kier molecular flexibility index (Phi) is 14.1. The van der Waals surface area contributed by atoms with Gasteiger partial charge in [-0.05, 0) is 73.8 Å². The van der Waals surface area contributed by atoms with Gasteiger partial charge in [-0.25, -0.2) is 14.4 Å². The molecule has 1 unspecified atom stereocenters. The number of rotatable bonds is 12. The van der Waals surface area contributed by atoms with E-state index in [1.807, 2.05) is 54.1 Å². The Bertz CT molecular complexity index is 2370. The first-order chi connectivity index (χ1) is 31.7. The zero-order valence-corrected chi connectivity index (χ0v) is 38.8. The fourth-order valence-corrected chi connectivity index (χ4v) is 10.5. The summed E-state index contributed by atoms with van der Waals surface area (Å²) in [6.45, 7) is 9.36. The number of nitrogens with one attached hydrogen (secondary N) is 1. The molecular formula is C48H65N8O10+. The number of amides is 6. The molecule has 1 N–H and O–H groups in total. The number of nitrogens with zero attached hydrogens (tertiary/aromatic N) is 7. The second-order valence-electron chi connectivity index (χ2n) is 19.2. The maximum absolute atomic E-state index is 14.5. The third-order valence-electron chi connectivity index (χ3n) is 14.8. The summed E-state index contributed by atoms with van der Waals surface area (Å²) in [5.74, 6) is -0.720. The molecule has 1 aromatic heterocycles. The Morgan fingerprint density at radius 2 is 1.58 bits per heavy atom. The molecule has 18 nitrogen and oxygen atoms in total. The van der Waals surface area contributed by atoms with Crippen molar-refractivity contribution in [3.63, 3.8) is 0 Å². The van der Waals surface area contributed by atoms with E-state index >= 15 is 0 Å². The van der Waals surface area contributed by atoms with Crippen LogP contribution < -0.4 is 11.1 Å². The van der Waals surface area contributed by atoms with E-state index in [4.69, 9.17) is 13.9 Å². The third kappa shape index (κ3) is 10.2. The van der Waals surface area contributed by atoms with Crippen molar-refractivity contribution in [3.05, 3.63) is 63.6 Å². The van der Waals surface area contributed by atoms with Gasteiger partial charge in [-0.2, -0.15) is 0 Å². The van der Waals surface area contributed by atoms with Crippen molar-refractivity contribution in [2.75, 3.05) is 91.0 Å². The van der Waals surface area contributed by atoms with Gasteiger partial charge < -0.3 is 48.2 Å². The van der Waals surface area contributed by atoms with Crippen LogP contribution in [-0.4, -0.2) is 173 Å². The fourth-order valence-electron chi connectivity index (χ4n) is 10.5. The molecule has 0 saturated carbocycles. The summed E-state index contributed by atoms with van der Waals surface area (Å²) in [4.78, 5) is 102. The molecular weight excluding hydrogens is 849 g/mol. The number of oxazole rings is 1. The molecule has 4 saturated heterocycles. The van der Waals surface area contributed by atoms with Gasteiger partial charge in [0.25, 0.3) is 11.8 Å². The molecule has 6 heterocycles. The van der Waals surface area contributed by atoms with Crippen molar-refractivity contribution in [2.24, 2.45) is 13.0 Å². The van der Waals surface area contributed by atoms with Crippen LogP contribution in [0.1, 0.15) is 68.6 Å². The molecule has 18 heteroatoms. The number of para-hydroxylation sites is 1. The monoisotopic (exact) mass is 913 g/mol. The number of benzene rings is 2. The standard InChI is InChI=1S/C48H64N8O10/c1-32-11-17-51(18-12-32)41(57)9-10-42(58)64-28-25-52-21-16-38(44(52)59)56(4)26-23-53(24-27-56)45(60)40(31-34-29-33(2)43-39(30-34)65-47(62)50(43)3)66-48(63)54-19-14-36(15-20-54)55-22-13-35-7-5-6-8-37(35)49-46(55)61/h5-8,29-30,32,36,38,40H,9-28,31H2,1-4H3/p+1/t38?,40-/m1/s1. The number of aromatic nitrogens is 1. The SMILES string of the molecule is Cc1cc(C[C@@H](OC(=O)N2CCC(N3CCc4ccccc4NC3=O)CC2)C(=O)N2CC[N+](C)(C3CCN(CCOC(=O)CCC(=O)N4CCC(C)CC4)C3=O)CC2)cc2oc(=O)n(C)c12. The molecule has 0 aliphatic carbocycles. The number of carbonyl (C=O) groups excluding carboxylic acids is 6. The molecule has 66 heavy (non-hydrogen) atoms. The number of piperidine rings is 2. The summed E-state index contributed by atoms with van der Waals surface area (Å²) >= 11 is 0. The van der Waals surface area contributed by atoms with E-state index in [0.29, 0.717) is 98.7 Å². The van der Waals surface area contributed by atoms with E-state index in [-0.39, 0.29) is 68.3 Å². The van der Waals surface area contributed by atoms with Gasteiger partial charge in [-0.1, -0.05) is 31.2 Å². The molecule has 0 radical (unpaired) electrons. The first-order valence-corrected chi connectivity index (χ1v) is 23.7. The van der Waals surface area contributed by atoms with Crippen LogP contribution in [0.2, 0.25) is 0 Å². The number of likely N-dealkylation sites (tertiary alicyclic amines) is 3. The first-order valence-electron chi connectivity index (χ1n) is 23.7. The zero-order valence-electron chi connectivity index (χ0n) is 38.8. The van der Waals surface area contributed by atoms with Crippen LogP contribution in [0.3, 0.4) is 0 Å². The second-order valence-corrected chi connectivity index (χ2v) is 19.2. The molecule has 0 bridgehead atoms. The van der Waals surface area contributed by atoms with Gasteiger partial charge in [0.1, 0.15) is 6.61 Å². The molecule has 3 aromatic rings. The van der Waals surface area contributed by atoms with E-state index < -0.39 is 23.9 Å². The molecule has 4 fully saturated rings. The molecule has 2 aromatic carbocycles. The van der Waals surface area contributed by atoms with Crippen LogP contribution in [0.25, 0.3) is 11.1 Å². The van der Waals surface area contributed by atoms with Crippen LogP contribution in [0.4, 0.5) is 15.3 Å². The summed E-state index contributed by atoms with van der Waals surface area (Å²) in [6.07, 6.45) is 2.85. The van der Waals surface area contributed by atoms with Crippen molar-refractivity contribution < 1.29 is 47.1 Å². The van der Waals surface area contributed by atoms with Crippen molar-refractivity contribution >= 4 is 52.6 Å². The van der Waals surface area contributed by atoms with Gasteiger partial charge in [0.2, 0.25) is 5.91 Å². The quantitative estimate of drug-likeness (QED) is 0.209. The van der Waals surface area contributed by atoms with Gasteiger partial charge in [0.15, 0.2) is 17.7 Å². The van der Waals surface area contributed by atoms with Crippen molar-refractivity contribution in [2.45, 2.75) is 89.8 Å². The topological polar surface area (TPSA) is 184 Å². The lowest BCUT2D eigenvalue weighted by Gasteiger charge is -2.45. The van der Waals surface area contributed by atoms with E-state index in [1.165, 1.54) is 4.57 Å². The lowest BCUT2D eigenvalue weighted by Crippen LogP contribution is -2.65. The highest BCUT2D eigenvalue weighted by molar-refractivity contribution is 5.91. The third-order valence-corrected chi connectivity index (χ3v) is 14.8. The Morgan fingerprint density at radius 3 is 2.32 bits per heavy atom. The molecule has 8 rings (SSSR count). The average molecular weight is 914 g/mol. The van der Waals surface area contributed by atoms with Crippen LogP contribution >= 0.6 is 0 Å². The summed E-state index contributed by atoms with van der Waals surface area (Å²) in [7, 11) is 3.67. The molecule has 2 atom stereocenters. The number of fused-ring (bicyclic) bond motifs is 2. The van der Waals surface area contributed by atoms with E-state index in [1.54, 1.807) is 27.8 Å². The van der Waals surface area contributed by atoms with E-state index in [9.17, 15) is 33.6 Å². The highest BCUT2D eigenvalue weighted by Gasteiger charge is 2.47. The van der Waals surface area contributed by atoms with Crippen molar-refractivity contribution in [3.8, 4) is 0 Å². The fraction of sp³-hybridized carbons (Fsp3) is 0.604. The normalized spacial score (nSPS) is 21.1. The predicted molar refractivity (Wildman–Crippen MR) is 243 cm³/mol. The van der Waals surface area contributed by atoms with Gasteiger partial charge in [0, 0.05) is 77.3 Å². The minimum absolute atomic E-state index is 0.0147. The number of hydrogen-bond acceptors (Lipinski definition) is 10. The van der Waals surface area contributed by atoms with Gasteiger partial charge in [0.05, 0.1) is 51.7 Å². The minimum atomic E-state index is -1.17. The largest absolute Gasteiger partial charge is 0.464 e. The summed E-state index contributed by atoms with van der Waals surface area (Å²) < 4.78 is 19.0. The Balaban J connectivity index is 0.857. The summed E-state index contributed by atoms with van der Waals surface area (Å²) in [6, 6.07) is 10.9. The molecule has 6 amide bonds. The number of anilines is 1. The Morgan fingerprint density at radius 1 is 0.864 bits per heavy atom. The molecule has 0 spiro atoms. The Hall–Kier alpha value is -5.91. The van der Waals surface area contributed by atoms with Gasteiger partial charge in [-0.15, -0.1) is 0 Å². The summed E-state index contributed by atoms with van der Waals surface area (Å²) in [5, 5.41) is 3.04. The number of piperazine rings is 1. The lowest BCUT2D eigenvalue weighted by atomic mass is 9.99. The number of likely N-dealkylation sites (N-methyl/N-ethyl adjacent to an activating group) is 1. The van der Waals surface area contributed by atoms with Crippen LogP contribution in [0.15, 0.2) is 45.6 Å². The number of carbonyl (C=O) groups is 6. The maximum Gasteiger partial charge on any atom is 0.419 e. The lowest BCUT2D eigenvalue weighted by molar-refractivity contribution is -0.927. The molecule has 5 aliphatic rings. The number of urea groups is 1. The smallest absolute Gasteiger partial charge is 0.419 e. The zero-order chi connectivity index (χ0) is 46.7. The first kappa shape index (κ1) is 46.6. The van der Waals surface area contributed by atoms with Crippen LogP contribution in [0.5, 0.6) is 0 Å². The molecule has 5 aliphatic heterocycles. The second kappa shape index (κ2) is 19.9. The summed E-state index contributed by atoms with van der Waals surface area (Å²) in [5.41, 5.74) is 4.39. The van der Waals surface area contributed by atoms with Crippen molar-refractivity contribution in [1.82, 2.24) is 29.1 Å². The number of ether oxygens (including phenoxy) is 2.